The van der Waals surface area contributed by atoms with Gasteiger partial charge in [-0.1, -0.05) is 0 Å². The lowest BCUT2D eigenvalue weighted by Gasteiger charge is -2.18. The van der Waals surface area contributed by atoms with Gasteiger partial charge in [-0.05, 0) is 31.7 Å². The highest BCUT2D eigenvalue weighted by molar-refractivity contribution is 7.99. The monoisotopic (exact) mass is 203 g/mol. The van der Waals surface area contributed by atoms with Crippen LogP contribution in [0.4, 0.5) is 0 Å². The molecule has 1 saturated heterocycles. The molecule has 1 N–H and O–H groups in total. The van der Waals surface area contributed by atoms with Gasteiger partial charge in [0.25, 0.3) is 0 Å². The van der Waals surface area contributed by atoms with Crippen LogP contribution in [-0.4, -0.2) is 47.1 Å². The first-order valence-electron chi connectivity index (χ1n) is 4.81. The molecule has 1 aliphatic heterocycles. The van der Waals surface area contributed by atoms with Crippen molar-refractivity contribution in [2.75, 3.05) is 31.1 Å². The van der Waals surface area contributed by atoms with E-state index in [0.29, 0.717) is 6.42 Å². The lowest BCUT2D eigenvalue weighted by molar-refractivity contribution is -0.137. The van der Waals surface area contributed by atoms with Crippen LogP contribution in [-0.2, 0) is 4.79 Å². The Labute approximate surface area is 83.5 Å². The summed E-state index contributed by atoms with van der Waals surface area (Å²) in [6.07, 6.45) is 2.35. The molecule has 0 atom stereocenters. The molecule has 0 aromatic heterocycles. The summed E-state index contributed by atoms with van der Waals surface area (Å²) in [4.78, 5) is 12.7. The largest absolute Gasteiger partial charge is 0.481 e. The molecule has 0 aliphatic carbocycles. The van der Waals surface area contributed by atoms with E-state index in [4.69, 9.17) is 5.11 Å². The van der Waals surface area contributed by atoms with Gasteiger partial charge in [0, 0.05) is 18.7 Å². The molecule has 0 aromatic rings. The van der Waals surface area contributed by atoms with E-state index < -0.39 is 5.97 Å². The van der Waals surface area contributed by atoms with Gasteiger partial charge in [0.1, 0.15) is 0 Å². The van der Waals surface area contributed by atoms with Crippen LogP contribution >= 0.6 is 11.8 Å². The van der Waals surface area contributed by atoms with E-state index >= 15 is 0 Å². The Bertz CT molecular complexity index is 156. The number of nitrogens with zero attached hydrogens (tertiary/aromatic N) is 1. The summed E-state index contributed by atoms with van der Waals surface area (Å²) >= 11 is 2.00. The highest BCUT2D eigenvalue weighted by Crippen LogP contribution is 2.10. The topological polar surface area (TPSA) is 40.5 Å². The molecule has 76 valence electrons. The summed E-state index contributed by atoms with van der Waals surface area (Å²) in [7, 11) is 0. The van der Waals surface area contributed by atoms with Crippen molar-refractivity contribution in [1.29, 1.82) is 0 Å². The zero-order valence-electron chi connectivity index (χ0n) is 7.87. The Morgan fingerprint density at radius 1 is 1.38 bits per heavy atom. The Balaban J connectivity index is 2.08. The predicted octanol–water partition coefficient (Wildman–Crippen LogP) is 1.29. The van der Waals surface area contributed by atoms with Crippen LogP contribution in [0.5, 0.6) is 0 Å². The third-order valence-electron chi connectivity index (χ3n) is 2.18. The van der Waals surface area contributed by atoms with Crippen molar-refractivity contribution in [1.82, 2.24) is 4.90 Å². The molecule has 1 heterocycles. The van der Waals surface area contributed by atoms with Crippen LogP contribution in [0.3, 0.4) is 0 Å². The lowest BCUT2D eigenvalue weighted by atomic mass is 10.3. The normalized spacial score (nSPS) is 19.7. The SMILES string of the molecule is O=C(O)CCCN1CCCSCC1. The first-order valence-corrected chi connectivity index (χ1v) is 5.96. The minimum Gasteiger partial charge on any atom is -0.481 e. The molecule has 4 heteroatoms. The zero-order chi connectivity index (χ0) is 9.52. The Morgan fingerprint density at radius 3 is 3.00 bits per heavy atom. The van der Waals surface area contributed by atoms with Crippen molar-refractivity contribution in [2.24, 2.45) is 0 Å². The van der Waals surface area contributed by atoms with Gasteiger partial charge in [0.15, 0.2) is 0 Å². The second kappa shape index (κ2) is 6.27. The fraction of sp³-hybridized carbons (Fsp3) is 0.889. The summed E-state index contributed by atoms with van der Waals surface area (Å²) in [5, 5.41) is 8.48. The van der Waals surface area contributed by atoms with Crippen molar-refractivity contribution < 1.29 is 9.90 Å². The standard InChI is InChI=1S/C9H17NO2S/c11-9(12)3-1-4-10-5-2-7-13-8-6-10/h1-8H2,(H,11,12). The molecule has 0 aromatic carbocycles. The maximum Gasteiger partial charge on any atom is 0.303 e. The number of rotatable bonds is 4. The van der Waals surface area contributed by atoms with Crippen molar-refractivity contribution in [3.8, 4) is 0 Å². The van der Waals surface area contributed by atoms with Crippen molar-refractivity contribution in [3.05, 3.63) is 0 Å². The third kappa shape index (κ3) is 5.16. The van der Waals surface area contributed by atoms with Gasteiger partial charge in [-0.3, -0.25) is 4.79 Å². The maximum absolute atomic E-state index is 10.3. The molecule has 0 bridgehead atoms. The summed E-state index contributed by atoms with van der Waals surface area (Å²) < 4.78 is 0. The summed E-state index contributed by atoms with van der Waals surface area (Å²) in [5.41, 5.74) is 0. The third-order valence-corrected chi connectivity index (χ3v) is 3.23. The van der Waals surface area contributed by atoms with Crippen LogP contribution < -0.4 is 0 Å². The second-order valence-corrected chi connectivity index (χ2v) is 4.53. The molecule has 0 radical (unpaired) electrons. The molecular weight excluding hydrogens is 186 g/mol. The highest BCUT2D eigenvalue weighted by atomic mass is 32.2. The molecule has 3 nitrogen and oxygen atoms in total. The molecule has 13 heavy (non-hydrogen) atoms. The second-order valence-electron chi connectivity index (χ2n) is 3.30. The van der Waals surface area contributed by atoms with Gasteiger partial charge in [-0.2, -0.15) is 11.8 Å². The Morgan fingerprint density at radius 2 is 2.23 bits per heavy atom. The van der Waals surface area contributed by atoms with Crippen molar-refractivity contribution in [3.63, 3.8) is 0 Å². The van der Waals surface area contributed by atoms with Gasteiger partial charge in [0.05, 0.1) is 0 Å². The van der Waals surface area contributed by atoms with E-state index in [0.717, 1.165) is 26.1 Å². The molecule has 0 spiro atoms. The summed E-state index contributed by atoms with van der Waals surface area (Å²) in [5.74, 6) is 1.78. The Hall–Kier alpha value is -0.220. The summed E-state index contributed by atoms with van der Waals surface area (Å²) in [6, 6.07) is 0. The van der Waals surface area contributed by atoms with E-state index in [9.17, 15) is 4.79 Å². The van der Waals surface area contributed by atoms with Crippen LogP contribution in [0.15, 0.2) is 0 Å². The van der Waals surface area contributed by atoms with Crippen LogP contribution in [0.2, 0.25) is 0 Å². The zero-order valence-corrected chi connectivity index (χ0v) is 8.68. The molecule has 1 fully saturated rings. The van der Waals surface area contributed by atoms with Gasteiger partial charge in [-0.15, -0.1) is 0 Å². The number of hydrogen-bond acceptors (Lipinski definition) is 3. The van der Waals surface area contributed by atoms with Gasteiger partial charge in [-0.25, -0.2) is 0 Å². The average Bonchev–Trinajstić information content (AvgIpc) is 2.32. The van der Waals surface area contributed by atoms with Crippen LogP contribution in [0.25, 0.3) is 0 Å². The number of carboxylic acids is 1. The minimum atomic E-state index is -0.677. The van der Waals surface area contributed by atoms with Gasteiger partial charge < -0.3 is 10.0 Å². The highest BCUT2D eigenvalue weighted by Gasteiger charge is 2.08. The molecule has 0 unspecified atom stereocenters. The van der Waals surface area contributed by atoms with Crippen LogP contribution in [0, 0.1) is 0 Å². The van der Waals surface area contributed by atoms with Gasteiger partial charge in [0.2, 0.25) is 0 Å². The summed E-state index contributed by atoms with van der Waals surface area (Å²) in [6.45, 7) is 3.23. The molecule has 1 aliphatic rings. The number of carboxylic acid groups (broad SMARTS) is 1. The molecular formula is C9H17NO2S. The fourth-order valence-electron chi connectivity index (χ4n) is 1.48. The van der Waals surface area contributed by atoms with E-state index in [2.05, 4.69) is 4.90 Å². The predicted molar refractivity (Wildman–Crippen MR) is 55.3 cm³/mol. The Kier molecular flexibility index (Phi) is 5.23. The van der Waals surface area contributed by atoms with E-state index in [-0.39, 0.29) is 0 Å². The fourth-order valence-corrected chi connectivity index (χ4v) is 2.40. The first-order chi connectivity index (χ1) is 6.29. The van der Waals surface area contributed by atoms with Crippen LogP contribution in [0.1, 0.15) is 19.3 Å². The first kappa shape index (κ1) is 10.9. The maximum atomic E-state index is 10.3. The average molecular weight is 203 g/mol. The lowest BCUT2D eigenvalue weighted by Crippen LogP contribution is -2.27. The van der Waals surface area contributed by atoms with Gasteiger partial charge >= 0.3 is 5.97 Å². The minimum absolute atomic E-state index is 0.309. The van der Waals surface area contributed by atoms with E-state index in [1.807, 2.05) is 11.8 Å². The smallest absolute Gasteiger partial charge is 0.303 e. The van der Waals surface area contributed by atoms with Crippen molar-refractivity contribution in [2.45, 2.75) is 19.3 Å². The number of aliphatic carboxylic acids is 1. The number of carbonyl (C=O) groups is 1. The van der Waals surface area contributed by atoms with E-state index in [1.54, 1.807) is 0 Å². The number of thioether (sulfide) groups is 1. The van der Waals surface area contributed by atoms with E-state index in [1.165, 1.54) is 17.9 Å². The molecule has 0 amide bonds. The van der Waals surface area contributed by atoms with Crippen molar-refractivity contribution >= 4 is 17.7 Å². The molecule has 1 rings (SSSR count). The quantitative estimate of drug-likeness (QED) is 0.747. The molecule has 0 saturated carbocycles. The number of hydrogen-bond donors (Lipinski definition) is 1.